The molecule has 1 aromatic heterocycles. The first-order valence-electron chi connectivity index (χ1n) is 9.28. The van der Waals surface area contributed by atoms with E-state index in [-0.39, 0.29) is 5.69 Å². The van der Waals surface area contributed by atoms with Crippen LogP contribution in [0, 0.1) is 6.92 Å². The Labute approximate surface area is 170 Å². The summed E-state index contributed by atoms with van der Waals surface area (Å²) < 4.78 is 10.1. The Morgan fingerprint density at radius 2 is 1.76 bits per heavy atom. The molecule has 29 heavy (non-hydrogen) atoms. The summed E-state index contributed by atoms with van der Waals surface area (Å²) in [5.41, 5.74) is 3.07. The van der Waals surface area contributed by atoms with Crippen molar-refractivity contribution in [2.75, 3.05) is 31.4 Å². The molecule has 1 atom stereocenters. The van der Waals surface area contributed by atoms with E-state index in [1.165, 1.54) is 14.0 Å². The molecule has 0 spiro atoms. The van der Waals surface area contributed by atoms with Crippen LogP contribution in [0.25, 0.3) is 0 Å². The van der Waals surface area contributed by atoms with Crippen LogP contribution in [0.2, 0.25) is 0 Å². The van der Waals surface area contributed by atoms with Gasteiger partial charge >= 0.3 is 11.9 Å². The summed E-state index contributed by atoms with van der Waals surface area (Å²) in [6, 6.07) is 7.28. The summed E-state index contributed by atoms with van der Waals surface area (Å²) in [5, 5.41) is 2.72. The van der Waals surface area contributed by atoms with Crippen molar-refractivity contribution < 1.29 is 23.9 Å². The number of aromatic amines is 1. The van der Waals surface area contributed by atoms with Crippen LogP contribution in [0.3, 0.4) is 0 Å². The lowest BCUT2D eigenvalue weighted by Crippen LogP contribution is -2.30. The number of ether oxygens (including phenoxy) is 2. The molecule has 8 nitrogen and oxygen atoms in total. The van der Waals surface area contributed by atoms with E-state index in [9.17, 15) is 14.4 Å². The van der Waals surface area contributed by atoms with Crippen molar-refractivity contribution in [1.29, 1.82) is 0 Å². The van der Waals surface area contributed by atoms with Crippen molar-refractivity contribution in [3.05, 3.63) is 46.8 Å². The van der Waals surface area contributed by atoms with Crippen molar-refractivity contribution in [2.45, 2.75) is 33.3 Å². The molecule has 0 radical (unpaired) electrons. The van der Waals surface area contributed by atoms with Gasteiger partial charge in [0.25, 0.3) is 5.91 Å². The molecule has 8 heteroatoms. The summed E-state index contributed by atoms with van der Waals surface area (Å²) in [4.78, 5) is 41.8. The summed E-state index contributed by atoms with van der Waals surface area (Å²) in [6.07, 6.45) is -0.511. The number of aromatic nitrogens is 1. The monoisotopic (exact) mass is 401 g/mol. The zero-order valence-corrected chi connectivity index (χ0v) is 17.6. The van der Waals surface area contributed by atoms with E-state index >= 15 is 0 Å². The standard InChI is InChI=1S/C21H27N3O5/c1-7-16-17(20(26)28-6)12(2)18(23-16)21(27)29-13(3)19(25)22-14-8-10-15(11-9-14)24(4)5/h8-11,13,23H,7H2,1-6H3,(H,22,25). The van der Waals surface area contributed by atoms with Gasteiger partial charge in [0, 0.05) is 31.2 Å². The van der Waals surface area contributed by atoms with Gasteiger partial charge in [0.05, 0.1) is 12.7 Å². The number of methoxy groups -OCH3 is 1. The third-order valence-corrected chi connectivity index (χ3v) is 4.58. The zero-order valence-electron chi connectivity index (χ0n) is 17.6. The molecular weight excluding hydrogens is 374 g/mol. The molecular formula is C21H27N3O5. The Bertz CT molecular complexity index is 900. The summed E-state index contributed by atoms with van der Waals surface area (Å²) >= 11 is 0. The number of amides is 1. The fourth-order valence-electron chi connectivity index (χ4n) is 2.87. The number of carbonyl (C=O) groups excluding carboxylic acids is 3. The predicted molar refractivity (Wildman–Crippen MR) is 111 cm³/mol. The zero-order chi connectivity index (χ0) is 21.7. The SMILES string of the molecule is CCc1[nH]c(C(=O)OC(C)C(=O)Nc2ccc(N(C)C)cc2)c(C)c1C(=O)OC. The van der Waals surface area contributed by atoms with Crippen LogP contribution in [-0.4, -0.2) is 50.1 Å². The van der Waals surface area contributed by atoms with Gasteiger partial charge in [0.15, 0.2) is 6.10 Å². The van der Waals surface area contributed by atoms with E-state index in [0.717, 1.165) is 5.69 Å². The Kier molecular flexibility index (Phi) is 7.03. The normalized spacial score (nSPS) is 11.5. The second-order valence-corrected chi connectivity index (χ2v) is 6.80. The number of benzene rings is 1. The number of H-pyrrole nitrogens is 1. The second-order valence-electron chi connectivity index (χ2n) is 6.80. The number of aryl methyl sites for hydroxylation is 1. The van der Waals surface area contributed by atoms with Crippen molar-refractivity contribution >= 4 is 29.2 Å². The van der Waals surface area contributed by atoms with E-state index in [1.54, 1.807) is 19.1 Å². The van der Waals surface area contributed by atoms with Crippen LogP contribution in [-0.2, 0) is 20.7 Å². The van der Waals surface area contributed by atoms with Crippen molar-refractivity contribution in [3.8, 4) is 0 Å². The number of anilines is 2. The average molecular weight is 401 g/mol. The fraction of sp³-hybridized carbons (Fsp3) is 0.381. The first kappa shape index (κ1) is 22.0. The van der Waals surface area contributed by atoms with Crippen molar-refractivity contribution in [1.82, 2.24) is 4.98 Å². The number of esters is 2. The Morgan fingerprint density at radius 3 is 2.28 bits per heavy atom. The van der Waals surface area contributed by atoms with Crippen LogP contribution in [0.15, 0.2) is 24.3 Å². The van der Waals surface area contributed by atoms with Crippen molar-refractivity contribution in [2.24, 2.45) is 0 Å². The molecule has 1 heterocycles. The van der Waals surface area contributed by atoms with E-state index in [1.807, 2.05) is 38.1 Å². The molecule has 2 aromatic rings. The minimum atomic E-state index is -1.02. The summed E-state index contributed by atoms with van der Waals surface area (Å²) in [5.74, 6) is -1.69. The van der Waals surface area contributed by atoms with Crippen LogP contribution < -0.4 is 10.2 Å². The molecule has 0 saturated carbocycles. The lowest BCUT2D eigenvalue weighted by Gasteiger charge is -2.15. The minimum Gasteiger partial charge on any atom is -0.465 e. The first-order valence-corrected chi connectivity index (χ1v) is 9.28. The molecule has 1 unspecified atom stereocenters. The highest BCUT2D eigenvalue weighted by molar-refractivity contribution is 6.00. The number of carbonyl (C=O) groups is 3. The molecule has 0 aliphatic rings. The van der Waals surface area contributed by atoms with Crippen LogP contribution in [0.5, 0.6) is 0 Å². The van der Waals surface area contributed by atoms with Crippen LogP contribution in [0.4, 0.5) is 11.4 Å². The van der Waals surface area contributed by atoms with Gasteiger partial charge in [0.2, 0.25) is 0 Å². The lowest BCUT2D eigenvalue weighted by atomic mass is 10.1. The minimum absolute atomic E-state index is 0.136. The Morgan fingerprint density at radius 1 is 1.14 bits per heavy atom. The fourth-order valence-corrected chi connectivity index (χ4v) is 2.87. The van der Waals surface area contributed by atoms with E-state index in [2.05, 4.69) is 10.3 Å². The summed E-state index contributed by atoms with van der Waals surface area (Å²) in [6.45, 7) is 4.97. The molecule has 1 aromatic carbocycles. The molecule has 2 N–H and O–H groups in total. The maximum Gasteiger partial charge on any atom is 0.355 e. The third-order valence-electron chi connectivity index (χ3n) is 4.58. The smallest absolute Gasteiger partial charge is 0.355 e. The molecule has 2 rings (SSSR count). The maximum absolute atomic E-state index is 12.6. The second kappa shape index (κ2) is 9.27. The molecule has 0 bridgehead atoms. The highest BCUT2D eigenvalue weighted by Gasteiger charge is 2.27. The van der Waals surface area contributed by atoms with Crippen LogP contribution >= 0.6 is 0 Å². The van der Waals surface area contributed by atoms with Crippen molar-refractivity contribution in [3.63, 3.8) is 0 Å². The number of rotatable bonds is 7. The quantitative estimate of drug-likeness (QED) is 0.692. The van der Waals surface area contributed by atoms with Gasteiger partial charge in [-0.1, -0.05) is 6.92 Å². The maximum atomic E-state index is 12.6. The first-order chi connectivity index (χ1) is 13.7. The Hall–Kier alpha value is -3.29. The van der Waals surface area contributed by atoms with E-state index in [4.69, 9.17) is 9.47 Å². The predicted octanol–water partition coefficient (Wildman–Crippen LogP) is 2.92. The molecule has 0 fully saturated rings. The van der Waals surface area contributed by atoms with Gasteiger partial charge < -0.3 is 24.7 Å². The van der Waals surface area contributed by atoms with E-state index < -0.39 is 23.9 Å². The van der Waals surface area contributed by atoms with Gasteiger partial charge in [0.1, 0.15) is 5.69 Å². The number of nitrogens with one attached hydrogen (secondary N) is 2. The topological polar surface area (TPSA) is 101 Å². The average Bonchev–Trinajstić information content (AvgIpc) is 3.04. The molecule has 0 saturated heterocycles. The molecule has 1 amide bonds. The van der Waals surface area contributed by atoms with Gasteiger partial charge in [-0.2, -0.15) is 0 Å². The van der Waals surface area contributed by atoms with E-state index in [0.29, 0.717) is 28.9 Å². The Balaban J connectivity index is 2.09. The van der Waals surface area contributed by atoms with Gasteiger partial charge in [-0.25, -0.2) is 9.59 Å². The number of hydrogen-bond donors (Lipinski definition) is 2. The molecule has 156 valence electrons. The molecule has 0 aliphatic carbocycles. The number of hydrogen-bond acceptors (Lipinski definition) is 6. The summed E-state index contributed by atoms with van der Waals surface area (Å²) in [7, 11) is 5.13. The number of nitrogens with zero attached hydrogens (tertiary/aromatic N) is 1. The highest BCUT2D eigenvalue weighted by Crippen LogP contribution is 2.22. The highest BCUT2D eigenvalue weighted by atomic mass is 16.5. The largest absolute Gasteiger partial charge is 0.465 e. The van der Waals surface area contributed by atoms with Crippen LogP contribution in [0.1, 0.15) is 46.0 Å². The van der Waals surface area contributed by atoms with Gasteiger partial charge in [-0.3, -0.25) is 4.79 Å². The van der Waals surface area contributed by atoms with Gasteiger partial charge in [-0.15, -0.1) is 0 Å². The molecule has 0 aliphatic heterocycles. The van der Waals surface area contributed by atoms with Gasteiger partial charge in [-0.05, 0) is 50.1 Å². The third kappa shape index (κ3) is 4.96. The lowest BCUT2D eigenvalue weighted by molar-refractivity contribution is -0.123.